The molecule has 5 rings (SSSR count). The first-order valence-electron chi connectivity index (χ1n) is 10.4. The zero-order valence-corrected chi connectivity index (χ0v) is 18.4. The fourth-order valence-electron chi connectivity index (χ4n) is 3.53. The maximum atomic E-state index is 13.7. The number of rotatable bonds is 3. The molecular weight excluding hydrogens is 420 g/mol. The van der Waals surface area contributed by atoms with E-state index in [1.165, 1.54) is 25.7 Å². The third-order valence-corrected chi connectivity index (χ3v) is 6.19. The van der Waals surface area contributed by atoms with Crippen LogP contribution in [0, 0.1) is 4.78 Å². The van der Waals surface area contributed by atoms with E-state index < -0.39 is 16.5 Å². The molecule has 1 aromatic heterocycles. The number of nitrogens with one attached hydrogen (secondary N) is 2. The van der Waals surface area contributed by atoms with Crippen molar-refractivity contribution in [3.05, 3.63) is 48.5 Å². The van der Waals surface area contributed by atoms with Gasteiger partial charge in [0.15, 0.2) is 0 Å². The van der Waals surface area contributed by atoms with Crippen LogP contribution in [0.25, 0.3) is 22.2 Å². The second-order valence-corrected chi connectivity index (χ2v) is 8.67. The van der Waals surface area contributed by atoms with Gasteiger partial charge in [0.1, 0.15) is 0 Å². The van der Waals surface area contributed by atoms with Crippen molar-refractivity contribution < 1.29 is 18.1 Å². The highest BCUT2D eigenvalue weighted by molar-refractivity contribution is 7.73. The summed E-state index contributed by atoms with van der Waals surface area (Å²) in [5.74, 6) is -2.70. The normalized spacial score (nSPS) is 16.9. The number of nitrogens with zero attached hydrogens (tertiary/aromatic N) is 1. The fraction of sp³-hybridized carbons (Fsp3) is 0.391. The minimum Gasteiger partial charge on any atom is -0.440 e. The maximum absolute atomic E-state index is 13.7. The molecule has 1 aliphatic carbocycles. The molecule has 0 radical (unpaired) electrons. The van der Waals surface area contributed by atoms with Gasteiger partial charge in [-0.05, 0) is 18.2 Å². The van der Waals surface area contributed by atoms with Crippen LogP contribution in [-0.4, -0.2) is 36.2 Å². The summed E-state index contributed by atoms with van der Waals surface area (Å²) in [5.41, 5.74) is 3.05. The van der Waals surface area contributed by atoms with Crippen molar-refractivity contribution in [1.82, 2.24) is 4.98 Å². The number of aromatic nitrogens is 1. The van der Waals surface area contributed by atoms with E-state index in [9.17, 15) is 13.0 Å². The number of alkyl halides is 2. The Morgan fingerprint density at radius 1 is 1.06 bits per heavy atom. The van der Waals surface area contributed by atoms with Crippen LogP contribution in [0.2, 0.25) is 0 Å². The number of anilines is 1. The van der Waals surface area contributed by atoms with Crippen LogP contribution in [0.15, 0.2) is 53.4 Å². The molecule has 0 atom stereocenters. The van der Waals surface area contributed by atoms with Gasteiger partial charge in [0, 0.05) is 47.9 Å². The average molecular weight is 449 g/mol. The number of hydrogen-bond donors (Lipinski definition) is 3. The quantitative estimate of drug-likeness (QED) is 0.434. The highest BCUT2D eigenvalue weighted by Crippen LogP contribution is 2.38. The van der Waals surface area contributed by atoms with Crippen molar-refractivity contribution >= 4 is 27.2 Å². The van der Waals surface area contributed by atoms with Crippen LogP contribution in [-0.2, 0) is 14.8 Å². The number of hydrogen-bond acceptors (Lipinski definition) is 5. The lowest BCUT2D eigenvalue weighted by atomic mass is 10.0. The van der Waals surface area contributed by atoms with Crippen LogP contribution in [0.4, 0.5) is 14.5 Å². The van der Waals surface area contributed by atoms with Gasteiger partial charge >= 0.3 is 0 Å². The zero-order chi connectivity index (χ0) is 22.4. The highest BCUT2D eigenvalue weighted by atomic mass is 32.2. The Balaban J connectivity index is 0.000000400. The van der Waals surface area contributed by atoms with Crippen molar-refractivity contribution in [2.75, 3.05) is 25.1 Å². The van der Waals surface area contributed by atoms with Crippen molar-refractivity contribution in [2.24, 2.45) is 0 Å². The SMILES string of the molecule is C1CCC1.CO.N=[S-](=O)c1ccc(N2CCC(F)(F)C2)c(-c2cc3ccccc3[nH]2)c1. The predicted molar refractivity (Wildman–Crippen MR) is 121 cm³/mol. The first-order chi connectivity index (χ1) is 14.9. The fourth-order valence-corrected chi connectivity index (χ4v) is 3.95. The van der Waals surface area contributed by atoms with Gasteiger partial charge in [0.25, 0.3) is 5.92 Å². The molecule has 2 fully saturated rings. The lowest BCUT2D eigenvalue weighted by Gasteiger charge is -2.22. The Labute approximate surface area is 183 Å². The van der Waals surface area contributed by atoms with E-state index in [2.05, 4.69) is 4.98 Å². The van der Waals surface area contributed by atoms with E-state index in [0.717, 1.165) is 23.7 Å². The van der Waals surface area contributed by atoms with Gasteiger partial charge < -0.3 is 24.0 Å². The second kappa shape index (κ2) is 10.2. The summed E-state index contributed by atoms with van der Waals surface area (Å²) in [5, 5.41) is 8.01. The molecule has 2 aliphatic rings. The van der Waals surface area contributed by atoms with Crippen molar-refractivity contribution in [1.29, 1.82) is 4.78 Å². The lowest BCUT2D eigenvalue weighted by Crippen LogP contribution is -2.25. The van der Waals surface area contributed by atoms with E-state index in [-0.39, 0.29) is 19.5 Å². The number of halogens is 2. The molecule has 0 bridgehead atoms. The Morgan fingerprint density at radius 2 is 1.74 bits per heavy atom. The Kier molecular flexibility index (Phi) is 7.67. The predicted octanol–water partition coefficient (Wildman–Crippen LogP) is 5.93. The van der Waals surface area contributed by atoms with Gasteiger partial charge in [-0.2, -0.15) is 10.6 Å². The molecule has 2 aromatic carbocycles. The molecule has 31 heavy (non-hydrogen) atoms. The Morgan fingerprint density at radius 3 is 2.29 bits per heavy atom. The molecule has 5 nitrogen and oxygen atoms in total. The maximum Gasteiger partial charge on any atom is 0.266 e. The summed E-state index contributed by atoms with van der Waals surface area (Å²) in [7, 11) is -0.886. The minimum absolute atomic E-state index is 0.175. The molecular formula is C23H28F2N3O2S-. The number of aromatic amines is 1. The number of aliphatic hydroxyl groups excluding tert-OH is 1. The number of aliphatic hydroxyl groups is 1. The smallest absolute Gasteiger partial charge is 0.266 e. The van der Waals surface area contributed by atoms with Crippen LogP contribution >= 0.6 is 0 Å². The Bertz CT molecular complexity index is 1050. The van der Waals surface area contributed by atoms with Crippen LogP contribution in [0.1, 0.15) is 32.1 Å². The molecule has 0 spiro atoms. The van der Waals surface area contributed by atoms with Crippen molar-refractivity contribution in [2.45, 2.75) is 42.9 Å². The summed E-state index contributed by atoms with van der Waals surface area (Å²) < 4.78 is 46.3. The summed E-state index contributed by atoms with van der Waals surface area (Å²) in [6, 6.07) is 14.6. The summed E-state index contributed by atoms with van der Waals surface area (Å²) in [6.45, 7) is -0.0624. The summed E-state index contributed by atoms with van der Waals surface area (Å²) >= 11 is 0. The first-order valence-corrected chi connectivity index (χ1v) is 11.5. The Hall–Kier alpha value is -2.45. The van der Waals surface area contributed by atoms with Gasteiger partial charge in [-0.1, -0.05) is 60.9 Å². The van der Waals surface area contributed by atoms with E-state index in [1.54, 1.807) is 23.1 Å². The number of H-pyrrole nitrogens is 1. The number of benzene rings is 2. The van der Waals surface area contributed by atoms with Gasteiger partial charge in [-0.25, -0.2) is 8.78 Å². The standard InChI is InChI=1S/C18H16F2N3OS.C4H8.CH4O/c19-18(20)7-8-23(11-18)17-6-5-13(25(21)24)10-14(17)16-9-12-3-1-2-4-15(12)22-16;1-2-4-3-1;1-2/h1-6,9-10,21-22H,7-8,11H2;1-4H2;2H,1H3/q-1;;. The monoisotopic (exact) mass is 448 g/mol. The molecule has 1 saturated heterocycles. The minimum atomic E-state index is -2.70. The number of para-hydroxylation sites is 1. The molecule has 0 unspecified atom stereocenters. The average Bonchev–Trinajstić information content (AvgIpc) is 3.30. The van der Waals surface area contributed by atoms with E-state index in [1.807, 2.05) is 30.3 Å². The molecule has 168 valence electrons. The van der Waals surface area contributed by atoms with Gasteiger partial charge in [-0.15, -0.1) is 0 Å². The molecule has 2 heterocycles. The molecule has 3 N–H and O–H groups in total. The zero-order valence-electron chi connectivity index (χ0n) is 17.5. The van der Waals surface area contributed by atoms with Crippen molar-refractivity contribution in [3.63, 3.8) is 0 Å². The van der Waals surface area contributed by atoms with Crippen LogP contribution in [0.5, 0.6) is 0 Å². The molecule has 0 amide bonds. The van der Waals surface area contributed by atoms with Gasteiger partial charge in [0.2, 0.25) is 0 Å². The van der Waals surface area contributed by atoms with Crippen molar-refractivity contribution in [3.8, 4) is 11.3 Å². The third-order valence-electron chi connectivity index (χ3n) is 5.51. The molecule has 1 saturated carbocycles. The number of fused-ring (bicyclic) bond motifs is 1. The molecule has 1 aliphatic heterocycles. The van der Waals surface area contributed by atoms with E-state index in [0.29, 0.717) is 16.1 Å². The first kappa shape index (κ1) is 23.2. The molecule has 8 heteroatoms. The molecule has 3 aromatic rings. The topological polar surface area (TPSA) is 80.2 Å². The summed E-state index contributed by atoms with van der Waals surface area (Å²) in [6.07, 6.45) is 5.82. The lowest BCUT2D eigenvalue weighted by molar-refractivity contribution is 0.0257. The van der Waals surface area contributed by atoms with E-state index in [4.69, 9.17) is 9.89 Å². The van der Waals surface area contributed by atoms with Crippen LogP contribution < -0.4 is 4.90 Å². The van der Waals surface area contributed by atoms with E-state index >= 15 is 0 Å². The third kappa shape index (κ3) is 5.62. The van der Waals surface area contributed by atoms with Gasteiger partial charge in [-0.3, -0.25) is 0 Å². The van der Waals surface area contributed by atoms with Crippen LogP contribution in [0.3, 0.4) is 0 Å². The van der Waals surface area contributed by atoms with Gasteiger partial charge in [0.05, 0.1) is 6.54 Å². The summed E-state index contributed by atoms with van der Waals surface area (Å²) in [4.78, 5) is 5.29. The largest absolute Gasteiger partial charge is 0.440 e. The highest BCUT2D eigenvalue weighted by Gasteiger charge is 2.38. The second-order valence-electron chi connectivity index (χ2n) is 7.66.